The SMILES string of the molecule is O=C(NCC(c1ccccc1)N1CCCC1)Nc1ccc(C(=O)N2CCOCC2)cc1. The zero-order valence-corrected chi connectivity index (χ0v) is 17.8. The van der Waals surface area contributed by atoms with Crippen molar-refractivity contribution in [2.75, 3.05) is 51.3 Å². The summed E-state index contributed by atoms with van der Waals surface area (Å²) in [4.78, 5) is 29.3. The third kappa shape index (κ3) is 5.62. The van der Waals surface area contributed by atoms with Gasteiger partial charge in [-0.2, -0.15) is 0 Å². The number of carbonyl (C=O) groups is 2. The van der Waals surface area contributed by atoms with Crippen molar-refractivity contribution in [2.24, 2.45) is 0 Å². The van der Waals surface area contributed by atoms with Gasteiger partial charge < -0.3 is 20.3 Å². The Morgan fingerprint density at radius 2 is 1.58 bits per heavy atom. The van der Waals surface area contributed by atoms with Gasteiger partial charge in [0.05, 0.1) is 19.3 Å². The minimum Gasteiger partial charge on any atom is -0.378 e. The van der Waals surface area contributed by atoms with E-state index >= 15 is 0 Å². The number of nitrogens with zero attached hydrogens (tertiary/aromatic N) is 2. The molecular formula is C24H30N4O3. The lowest BCUT2D eigenvalue weighted by molar-refractivity contribution is 0.0303. The lowest BCUT2D eigenvalue weighted by Gasteiger charge is -2.28. The molecule has 0 saturated carbocycles. The number of urea groups is 1. The molecule has 2 aliphatic rings. The molecule has 1 atom stereocenters. The molecule has 2 fully saturated rings. The normalized spacial score (nSPS) is 17.9. The van der Waals surface area contributed by atoms with Crippen molar-refractivity contribution in [1.82, 2.24) is 15.1 Å². The lowest BCUT2D eigenvalue weighted by Crippen LogP contribution is -2.40. The molecule has 31 heavy (non-hydrogen) atoms. The molecule has 2 heterocycles. The van der Waals surface area contributed by atoms with Crippen LogP contribution in [0.25, 0.3) is 0 Å². The Morgan fingerprint density at radius 3 is 2.26 bits per heavy atom. The van der Waals surface area contributed by atoms with Gasteiger partial charge in [-0.3, -0.25) is 9.69 Å². The molecule has 2 aromatic carbocycles. The minimum atomic E-state index is -0.243. The van der Waals surface area contributed by atoms with Crippen LogP contribution in [-0.2, 0) is 4.74 Å². The van der Waals surface area contributed by atoms with Crippen LogP contribution in [0.1, 0.15) is 34.8 Å². The highest BCUT2D eigenvalue weighted by Gasteiger charge is 2.24. The quantitative estimate of drug-likeness (QED) is 0.750. The van der Waals surface area contributed by atoms with Crippen LogP contribution >= 0.6 is 0 Å². The van der Waals surface area contributed by atoms with E-state index in [9.17, 15) is 9.59 Å². The number of carbonyl (C=O) groups excluding carboxylic acids is 2. The highest BCUT2D eigenvalue weighted by atomic mass is 16.5. The Balaban J connectivity index is 1.32. The van der Waals surface area contributed by atoms with Crippen LogP contribution in [0.3, 0.4) is 0 Å². The molecule has 3 amide bonds. The smallest absolute Gasteiger partial charge is 0.319 e. The average molecular weight is 423 g/mol. The summed E-state index contributed by atoms with van der Waals surface area (Å²) in [6.45, 7) is 5.04. The largest absolute Gasteiger partial charge is 0.378 e. The molecular weight excluding hydrogens is 392 g/mol. The summed E-state index contributed by atoms with van der Waals surface area (Å²) in [7, 11) is 0. The maximum atomic E-state index is 12.5. The Labute approximate surface area is 183 Å². The van der Waals surface area contributed by atoms with E-state index < -0.39 is 0 Å². The maximum absolute atomic E-state index is 12.5. The van der Waals surface area contributed by atoms with Crippen molar-refractivity contribution in [1.29, 1.82) is 0 Å². The molecule has 2 aliphatic heterocycles. The summed E-state index contributed by atoms with van der Waals surface area (Å²) in [5, 5.41) is 5.89. The molecule has 2 saturated heterocycles. The molecule has 0 radical (unpaired) electrons. The molecule has 0 aromatic heterocycles. The van der Waals surface area contributed by atoms with E-state index in [1.807, 2.05) is 18.2 Å². The van der Waals surface area contributed by atoms with Gasteiger partial charge in [-0.25, -0.2) is 4.79 Å². The molecule has 0 spiro atoms. The van der Waals surface area contributed by atoms with Gasteiger partial charge >= 0.3 is 6.03 Å². The Bertz CT molecular complexity index is 860. The lowest BCUT2D eigenvalue weighted by atomic mass is 10.1. The number of anilines is 1. The molecule has 1 unspecified atom stereocenters. The highest BCUT2D eigenvalue weighted by molar-refractivity contribution is 5.95. The van der Waals surface area contributed by atoms with E-state index in [1.165, 1.54) is 18.4 Å². The maximum Gasteiger partial charge on any atom is 0.319 e. The van der Waals surface area contributed by atoms with Gasteiger partial charge in [0.1, 0.15) is 0 Å². The fourth-order valence-electron chi connectivity index (χ4n) is 4.20. The second-order valence-corrected chi connectivity index (χ2v) is 7.99. The third-order valence-electron chi connectivity index (χ3n) is 5.91. The van der Waals surface area contributed by atoms with Crippen molar-refractivity contribution >= 4 is 17.6 Å². The van der Waals surface area contributed by atoms with E-state index in [0.717, 1.165) is 13.1 Å². The van der Waals surface area contributed by atoms with Crippen LogP contribution in [0, 0.1) is 0 Å². The van der Waals surface area contributed by atoms with Gasteiger partial charge in [-0.15, -0.1) is 0 Å². The van der Waals surface area contributed by atoms with E-state index in [4.69, 9.17) is 4.74 Å². The molecule has 4 rings (SSSR count). The van der Waals surface area contributed by atoms with Gasteiger partial charge in [0.15, 0.2) is 0 Å². The van der Waals surface area contributed by atoms with Crippen LogP contribution in [0.2, 0.25) is 0 Å². The number of ether oxygens (including phenoxy) is 1. The zero-order chi connectivity index (χ0) is 21.5. The summed E-state index contributed by atoms with van der Waals surface area (Å²) < 4.78 is 5.30. The van der Waals surface area contributed by atoms with Gasteiger partial charge in [0.25, 0.3) is 5.91 Å². The Morgan fingerprint density at radius 1 is 0.903 bits per heavy atom. The first-order valence-corrected chi connectivity index (χ1v) is 11.0. The van der Waals surface area contributed by atoms with Crippen molar-refractivity contribution in [3.63, 3.8) is 0 Å². The number of amides is 3. The molecule has 0 aliphatic carbocycles. The van der Waals surface area contributed by atoms with Crippen LogP contribution in [0.15, 0.2) is 54.6 Å². The monoisotopic (exact) mass is 422 g/mol. The molecule has 164 valence electrons. The van der Waals surface area contributed by atoms with Crippen LogP contribution < -0.4 is 10.6 Å². The summed E-state index contributed by atoms with van der Waals surface area (Å²) in [5.41, 5.74) is 2.50. The first-order chi connectivity index (χ1) is 15.2. The van der Waals surface area contributed by atoms with Gasteiger partial charge in [-0.1, -0.05) is 30.3 Å². The van der Waals surface area contributed by atoms with E-state index in [2.05, 4.69) is 27.7 Å². The molecule has 7 heteroatoms. The number of nitrogens with one attached hydrogen (secondary N) is 2. The van der Waals surface area contributed by atoms with Gasteiger partial charge in [0, 0.05) is 30.9 Å². The summed E-state index contributed by atoms with van der Waals surface area (Å²) in [6.07, 6.45) is 2.40. The number of benzene rings is 2. The summed E-state index contributed by atoms with van der Waals surface area (Å²) in [5.74, 6) is -0.00406. The van der Waals surface area contributed by atoms with Crippen molar-refractivity contribution < 1.29 is 14.3 Å². The number of morpholine rings is 1. The molecule has 0 bridgehead atoms. The number of rotatable bonds is 6. The summed E-state index contributed by atoms with van der Waals surface area (Å²) >= 11 is 0. The number of likely N-dealkylation sites (tertiary alicyclic amines) is 1. The average Bonchev–Trinajstić information content (AvgIpc) is 3.35. The van der Waals surface area contributed by atoms with Crippen molar-refractivity contribution in [3.8, 4) is 0 Å². The minimum absolute atomic E-state index is 0.00406. The standard InChI is InChI=1S/C24H30N4O3/c29-23(28-14-16-31-17-15-28)20-8-10-21(11-9-20)26-24(30)25-18-22(27-12-4-5-13-27)19-6-2-1-3-7-19/h1-3,6-11,22H,4-5,12-18H2,(H2,25,26,30). The molecule has 7 nitrogen and oxygen atoms in total. The molecule has 2 N–H and O–H groups in total. The van der Waals surface area contributed by atoms with E-state index in [0.29, 0.717) is 44.1 Å². The third-order valence-corrected chi connectivity index (χ3v) is 5.91. The Hall–Kier alpha value is -2.90. The predicted molar refractivity (Wildman–Crippen MR) is 120 cm³/mol. The first kappa shape index (κ1) is 21.3. The second-order valence-electron chi connectivity index (χ2n) is 7.99. The van der Waals surface area contributed by atoms with Crippen LogP contribution in [0.5, 0.6) is 0 Å². The van der Waals surface area contributed by atoms with Crippen molar-refractivity contribution in [2.45, 2.75) is 18.9 Å². The van der Waals surface area contributed by atoms with E-state index in [1.54, 1.807) is 29.2 Å². The molecule has 2 aromatic rings. The second kappa shape index (κ2) is 10.4. The highest BCUT2D eigenvalue weighted by Crippen LogP contribution is 2.24. The van der Waals surface area contributed by atoms with E-state index in [-0.39, 0.29) is 18.0 Å². The fraction of sp³-hybridized carbons (Fsp3) is 0.417. The Kier molecular flexibility index (Phi) is 7.17. The zero-order valence-electron chi connectivity index (χ0n) is 17.8. The fourth-order valence-corrected chi connectivity index (χ4v) is 4.20. The number of hydrogen-bond acceptors (Lipinski definition) is 4. The van der Waals surface area contributed by atoms with Gasteiger partial charge in [0.2, 0.25) is 0 Å². The van der Waals surface area contributed by atoms with Crippen LogP contribution in [-0.4, -0.2) is 67.7 Å². The summed E-state index contributed by atoms with van der Waals surface area (Å²) in [6, 6.07) is 17.3. The van der Waals surface area contributed by atoms with Crippen LogP contribution in [0.4, 0.5) is 10.5 Å². The van der Waals surface area contributed by atoms with Gasteiger partial charge in [-0.05, 0) is 55.8 Å². The van der Waals surface area contributed by atoms with Crippen molar-refractivity contribution in [3.05, 3.63) is 65.7 Å². The predicted octanol–water partition coefficient (Wildman–Crippen LogP) is 3.12. The topological polar surface area (TPSA) is 73.9 Å². The number of hydrogen-bond donors (Lipinski definition) is 2. The first-order valence-electron chi connectivity index (χ1n) is 11.0.